The summed E-state index contributed by atoms with van der Waals surface area (Å²) in [6.45, 7) is 5.53. The van der Waals surface area contributed by atoms with Crippen LogP contribution in [0.25, 0.3) is 0 Å². The lowest BCUT2D eigenvalue weighted by atomic mass is 9.98. The van der Waals surface area contributed by atoms with Crippen LogP contribution in [0.15, 0.2) is 30.3 Å². The summed E-state index contributed by atoms with van der Waals surface area (Å²) in [5.74, 6) is -1.50. The lowest BCUT2D eigenvalue weighted by Crippen LogP contribution is -2.58. The van der Waals surface area contributed by atoms with Crippen LogP contribution in [-0.4, -0.2) is 46.2 Å². The highest BCUT2D eigenvalue weighted by Crippen LogP contribution is 2.24. The first kappa shape index (κ1) is 17.8. The molecule has 2 rings (SSSR count). The first-order chi connectivity index (χ1) is 11.2. The van der Waals surface area contributed by atoms with Crippen LogP contribution in [0.5, 0.6) is 0 Å². The molecule has 1 aromatic rings. The van der Waals surface area contributed by atoms with Gasteiger partial charge in [-0.25, -0.2) is 9.59 Å². The van der Waals surface area contributed by atoms with Gasteiger partial charge in [0.2, 0.25) is 0 Å². The molecule has 0 radical (unpaired) electrons. The number of ether oxygens (including phenoxy) is 1. The molecular formula is C17H22N2O5. The highest BCUT2D eigenvalue weighted by atomic mass is 16.6. The van der Waals surface area contributed by atoms with Crippen molar-refractivity contribution in [2.45, 2.75) is 44.9 Å². The molecule has 130 valence electrons. The molecule has 0 aromatic heterocycles. The number of nitrogens with zero attached hydrogens (tertiary/aromatic N) is 1. The smallest absolute Gasteiger partial charge is 0.408 e. The van der Waals surface area contributed by atoms with Crippen LogP contribution < -0.4 is 5.32 Å². The van der Waals surface area contributed by atoms with Gasteiger partial charge in [-0.05, 0) is 32.8 Å². The number of nitrogens with one attached hydrogen (secondary N) is 1. The number of rotatable bonds is 4. The van der Waals surface area contributed by atoms with E-state index in [1.165, 1.54) is 4.90 Å². The van der Waals surface area contributed by atoms with Gasteiger partial charge in [-0.15, -0.1) is 0 Å². The van der Waals surface area contributed by atoms with Crippen molar-refractivity contribution in [3.05, 3.63) is 35.9 Å². The monoisotopic (exact) mass is 334 g/mol. The second-order valence-corrected chi connectivity index (χ2v) is 6.66. The van der Waals surface area contributed by atoms with Gasteiger partial charge in [0.1, 0.15) is 17.7 Å². The lowest BCUT2D eigenvalue weighted by Gasteiger charge is -2.40. The molecule has 1 aliphatic rings. The summed E-state index contributed by atoms with van der Waals surface area (Å²) in [5.41, 5.74) is -0.126. The largest absolute Gasteiger partial charge is 0.480 e. The number of carboxylic acids is 1. The molecule has 1 heterocycles. The average Bonchev–Trinajstić information content (AvgIpc) is 2.41. The molecular weight excluding hydrogens is 312 g/mol. The standard InChI is InChI=1S/C17H22N2O5/c1-17(2,3)24-16(23)18-13(11-7-5-4-6-8-11)14(20)19-10-9-12(19)15(21)22/h4-8,12-13H,9-10H2,1-3H3,(H,18,23)(H,21,22). The van der Waals surface area contributed by atoms with Gasteiger partial charge < -0.3 is 20.1 Å². The van der Waals surface area contributed by atoms with Crippen LogP contribution in [0, 0.1) is 0 Å². The SMILES string of the molecule is CC(C)(C)OC(=O)NC(C(=O)N1CCC1C(=O)O)c1ccccc1. The minimum Gasteiger partial charge on any atom is -0.480 e. The summed E-state index contributed by atoms with van der Waals surface area (Å²) in [7, 11) is 0. The van der Waals surface area contributed by atoms with Crippen molar-refractivity contribution >= 4 is 18.0 Å². The molecule has 1 aliphatic heterocycles. The number of alkyl carbamates (subject to hydrolysis) is 1. The van der Waals surface area contributed by atoms with Gasteiger partial charge >= 0.3 is 12.1 Å². The number of hydrogen-bond donors (Lipinski definition) is 2. The van der Waals surface area contributed by atoms with Crippen LogP contribution >= 0.6 is 0 Å². The predicted octanol–water partition coefficient (Wildman–Crippen LogP) is 1.94. The fourth-order valence-corrected chi connectivity index (χ4v) is 2.43. The number of carbonyl (C=O) groups excluding carboxylic acids is 2. The Labute approximate surface area is 140 Å². The number of carboxylic acid groups (broad SMARTS) is 1. The molecule has 0 bridgehead atoms. The first-order valence-electron chi connectivity index (χ1n) is 7.77. The van der Waals surface area contributed by atoms with Gasteiger partial charge in [0, 0.05) is 6.54 Å². The Kier molecular flexibility index (Phi) is 5.11. The average molecular weight is 334 g/mol. The fourth-order valence-electron chi connectivity index (χ4n) is 2.43. The predicted molar refractivity (Wildman–Crippen MR) is 86.3 cm³/mol. The van der Waals surface area contributed by atoms with Gasteiger partial charge in [0.25, 0.3) is 5.91 Å². The van der Waals surface area contributed by atoms with E-state index < -0.39 is 35.7 Å². The number of benzene rings is 1. The Morgan fingerprint density at radius 1 is 1.25 bits per heavy atom. The molecule has 2 atom stereocenters. The Balaban J connectivity index is 2.19. The van der Waals surface area contributed by atoms with Crippen LogP contribution in [-0.2, 0) is 14.3 Å². The van der Waals surface area contributed by atoms with Gasteiger partial charge in [0.05, 0.1) is 0 Å². The van der Waals surface area contributed by atoms with Crippen molar-refractivity contribution in [1.82, 2.24) is 10.2 Å². The summed E-state index contributed by atoms with van der Waals surface area (Å²) < 4.78 is 5.21. The van der Waals surface area contributed by atoms with Gasteiger partial charge in [-0.1, -0.05) is 30.3 Å². The van der Waals surface area contributed by atoms with Gasteiger partial charge in [0.15, 0.2) is 0 Å². The van der Waals surface area contributed by atoms with Gasteiger partial charge in [-0.2, -0.15) is 0 Å². The molecule has 2 amide bonds. The number of amides is 2. The Hall–Kier alpha value is -2.57. The van der Waals surface area contributed by atoms with E-state index >= 15 is 0 Å². The molecule has 2 N–H and O–H groups in total. The molecule has 7 nitrogen and oxygen atoms in total. The third kappa shape index (κ3) is 4.24. The van der Waals surface area contributed by atoms with Crippen molar-refractivity contribution in [3.8, 4) is 0 Å². The Morgan fingerprint density at radius 2 is 1.88 bits per heavy atom. The zero-order valence-electron chi connectivity index (χ0n) is 14.0. The molecule has 1 fully saturated rings. The molecule has 0 saturated carbocycles. The number of hydrogen-bond acceptors (Lipinski definition) is 4. The molecule has 2 unspecified atom stereocenters. The summed E-state index contributed by atoms with van der Waals surface area (Å²) in [6.07, 6.45) is -0.313. The summed E-state index contributed by atoms with van der Waals surface area (Å²) >= 11 is 0. The molecule has 24 heavy (non-hydrogen) atoms. The quantitative estimate of drug-likeness (QED) is 0.877. The van der Waals surface area contributed by atoms with Crippen LogP contribution in [0.1, 0.15) is 38.8 Å². The maximum absolute atomic E-state index is 12.7. The van der Waals surface area contributed by atoms with E-state index in [1.54, 1.807) is 51.1 Å². The van der Waals surface area contributed by atoms with Crippen molar-refractivity contribution in [2.24, 2.45) is 0 Å². The number of carbonyl (C=O) groups is 3. The summed E-state index contributed by atoms with van der Waals surface area (Å²) in [4.78, 5) is 37.2. The highest BCUT2D eigenvalue weighted by Gasteiger charge is 2.41. The number of likely N-dealkylation sites (tertiary alicyclic amines) is 1. The maximum Gasteiger partial charge on any atom is 0.408 e. The second-order valence-electron chi connectivity index (χ2n) is 6.66. The van der Waals surface area contributed by atoms with Crippen molar-refractivity contribution in [2.75, 3.05) is 6.54 Å². The highest BCUT2D eigenvalue weighted by molar-refractivity contribution is 5.91. The van der Waals surface area contributed by atoms with E-state index in [2.05, 4.69) is 5.32 Å². The van der Waals surface area contributed by atoms with Crippen LogP contribution in [0.4, 0.5) is 4.79 Å². The molecule has 1 saturated heterocycles. The normalized spacial score (nSPS) is 18.3. The summed E-state index contributed by atoms with van der Waals surface area (Å²) in [6, 6.07) is 6.87. The van der Waals surface area contributed by atoms with Gasteiger partial charge in [-0.3, -0.25) is 4.79 Å². The van der Waals surface area contributed by atoms with E-state index in [9.17, 15) is 14.4 Å². The molecule has 0 spiro atoms. The van der Waals surface area contributed by atoms with Crippen molar-refractivity contribution < 1.29 is 24.2 Å². The molecule has 0 aliphatic carbocycles. The minimum absolute atomic E-state index is 0.356. The third-order valence-corrected chi connectivity index (χ3v) is 3.63. The lowest BCUT2D eigenvalue weighted by molar-refractivity contribution is -0.158. The van der Waals surface area contributed by atoms with Crippen molar-refractivity contribution in [3.63, 3.8) is 0 Å². The fraction of sp³-hybridized carbons (Fsp3) is 0.471. The molecule has 1 aromatic carbocycles. The second kappa shape index (κ2) is 6.90. The maximum atomic E-state index is 12.7. The van der Waals surface area contributed by atoms with E-state index in [0.717, 1.165) is 0 Å². The minimum atomic E-state index is -1.04. The van der Waals surface area contributed by atoms with E-state index in [-0.39, 0.29) is 0 Å². The third-order valence-electron chi connectivity index (χ3n) is 3.63. The molecule has 7 heteroatoms. The van der Waals surface area contributed by atoms with E-state index in [1.807, 2.05) is 0 Å². The zero-order valence-corrected chi connectivity index (χ0v) is 14.0. The topological polar surface area (TPSA) is 95.9 Å². The van der Waals surface area contributed by atoms with Crippen LogP contribution in [0.2, 0.25) is 0 Å². The number of aliphatic carboxylic acids is 1. The van der Waals surface area contributed by atoms with Crippen molar-refractivity contribution in [1.29, 1.82) is 0 Å². The summed E-state index contributed by atoms with van der Waals surface area (Å²) in [5, 5.41) is 11.7. The van der Waals surface area contributed by atoms with Crippen LogP contribution in [0.3, 0.4) is 0 Å². The zero-order chi connectivity index (χ0) is 17.9. The van der Waals surface area contributed by atoms with E-state index in [4.69, 9.17) is 9.84 Å². The Bertz CT molecular complexity index is 624. The Morgan fingerprint density at radius 3 is 2.33 bits per heavy atom. The van der Waals surface area contributed by atoms with E-state index in [0.29, 0.717) is 18.5 Å². The first-order valence-corrected chi connectivity index (χ1v) is 7.77.